The topological polar surface area (TPSA) is 6.48 Å². The normalized spacial score (nSPS) is 15.5. The Kier molecular flexibility index (Phi) is 7.90. The average molecular weight is 817 g/mol. The quantitative estimate of drug-likeness (QED) is 0.165. The first-order valence-corrected chi connectivity index (χ1v) is 22.4. The van der Waals surface area contributed by atoms with E-state index in [-0.39, 0.29) is 5.41 Å². The van der Waals surface area contributed by atoms with Gasteiger partial charge in [0, 0.05) is 33.7 Å². The minimum Gasteiger partial charge on any atom is -0.310 e. The van der Waals surface area contributed by atoms with Gasteiger partial charge in [0.05, 0.1) is 16.8 Å². The summed E-state index contributed by atoms with van der Waals surface area (Å²) in [4.78, 5) is 5.01. The van der Waals surface area contributed by atoms with Gasteiger partial charge in [-0.3, -0.25) is 0 Å². The van der Waals surface area contributed by atoms with Crippen molar-refractivity contribution >= 4 is 44.9 Å². The molecule has 0 heterocycles. The molecule has 0 saturated heterocycles. The minimum absolute atomic E-state index is 0.240. The molecule has 1 atom stereocenters. The van der Waals surface area contributed by atoms with Gasteiger partial charge in [-0.05, 0) is 133 Å². The molecule has 10 aromatic rings. The van der Waals surface area contributed by atoms with Gasteiger partial charge in [-0.15, -0.1) is 0 Å². The SMILES string of the molecule is CC1(C)c2ccccc2-c2cccc(N(c3ccccc3)c3cc4ccccc4c4c3C3(c5ccccc5-c5ccc(N(c6ccccc6)c6ccccc6)cc53)c3ccccc3-4)c21. The van der Waals surface area contributed by atoms with Crippen LogP contribution >= 0.6 is 0 Å². The number of fused-ring (bicyclic) bond motifs is 15. The molecule has 2 nitrogen and oxygen atoms in total. The summed E-state index contributed by atoms with van der Waals surface area (Å²) in [5.74, 6) is 0. The first-order valence-electron chi connectivity index (χ1n) is 22.4. The van der Waals surface area contributed by atoms with Gasteiger partial charge < -0.3 is 9.80 Å². The van der Waals surface area contributed by atoms with E-state index in [9.17, 15) is 0 Å². The molecule has 0 saturated carbocycles. The van der Waals surface area contributed by atoms with Gasteiger partial charge in [0.15, 0.2) is 0 Å². The number of benzene rings is 10. The van der Waals surface area contributed by atoms with Gasteiger partial charge in [0.2, 0.25) is 0 Å². The molecule has 3 aliphatic rings. The van der Waals surface area contributed by atoms with Crippen molar-refractivity contribution in [1.29, 1.82) is 0 Å². The van der Waals surface area contributed by atoms with Crippen LogP contribution in [-0.2, 0) is 10.8 Å². The predicted molar refractivity (Wildman–Crippen MR) is 267 cm³/mol. The van der Waals surface area contributed by atoms with E-state index in [1.807, 2.05) is 0 Å². The van der Waals surface area contributed by atoms with Gasteiger partial charge >= 0.3 is 0 Å². The highest BCUT2D eigenvalue weighted by Gasteiger charge is 2.54. The van der Waals surface area contributed by atoms with Crippen LogP contribution in [0, 0.1) is 0 Å². The predicted octanol–water partition coefficient (Wildman–Crippen LogP) is 16.4. The van der Waals surface area contributed by atoms with Crippen LogP contribution in [0.4, 0.5) is 34.1 Å². The summed E-state index contributed by atoms with van der Waals surface area (Å²) in [5.41, 5.74) is 21.7. The third-order valence-electron chi connectivity index (χ3n) is 14.4. The number of anilines is 6. The Hall–Kier alpha value is -7.94. The fourth-order valence-corrected chi connectivity index (χ4v) is 11.9. The Balaban J connectivity index is 1.18. The summed E-state index contributed by atoms with van der Waals surface area (Å²) in [6.45, 7) is 4.81. The maximum absolute atomic E-state index is 2.61. The number of rotatable bonds is 6. The Morgan fingerprint density at radius 3 is 1.48 bits per heavy atom. The number of hydrogen-bond donors (Lipinski definition) is 0. The highest BCUT2D eigenvalue weighted by Crippen LogP contribution is 2.67. The summed E-state index contributed by atoms with van der Waals surface area (Å²) < 4.78 is 0. The lowest BCUT2D eigenvalue weighted by Gasteiger charge is -2.38. The molecule has 0 N–H and O–H groups in total. The molecule has 0 amide bonds. The summed E-state index contributed by atoms with van der Waals surface area (Å²) >= 11 is 0. The van der Waals surface area contributed by atoms with E-state index >= 15 is 0 Å². The Morgan fingerprint density at radius 2 is 0.812 bits per heavy atom. The van der Waals surface area contributed by atoms with Crippen molar-refractivity contribution in [2.45, 2.75) is 24.7 Å². The molecule has 0 radical (unpaired) electrons. The van der Waals surface area contributed by atoms with Crippen molar-refractivity contribution in [2.24, 2.45) is 0 Å². The molecule has 13 rings (SSSR count). The second-order valence-corrected chi connectivity index (χ2v) is 18.0. The molecule has 10 aromatic carbocycles. The van der Waals surface area contributed by atoms with Crippen LogP contribution < -0.4 is 9.80 Å². The van der Waals surface area contributed by atoms with Crippen molar-refractivity contribution in [1.82, 2.24) is 0 Å². The van der Waals surface area contributed by atoms with Crippen LogP contribution in [0.15, 0.2) is 231 Å². The lowest BCUT2D eigenvalue weighted by atomic mass is 9.69. The average Bonchev–Trinajstić information content (AvgIpc) is 3.92. The van der Waals surface area contributed by atoms with E-state index in [2.05, 4.69) is 254 Å². The van der Waals surface area contributed by atoms with E-state index in [4.69, 9.17) is 0 Å². The number of para-hydroxylation sites is 3. The lowest BCUT2D eigenvalue weighted by molar-refractivity contribution is 0.660. The molecule has 0 bridgehead atoms. The van der Waals surface area contributed by atoms with E-state index in [0.717, 1.165) is 22.7 Å². The Morgan fingerprint density at radius 1 is 0.312 bits per heavy atom. The van der Waals surface area contributed by atoms with E-state index in [0.29, 0.717) is 0 Å². The highest BCUT2D eigenvalue weighted by atomic mass is 15.2. The standard InChI is InChI=1S/C62H44N2/c1-61(2)52-33-17-14-30-48(52)50-32-20-36-56(59(50)61)64(44-26-10-5-11-27-44)57-39-41-21-12-13-28-46(41)58-51-31-16-19-35-54(51)62(60(57)58)53-34-18-15-29-47(53)49-38-37-45(40-55(49)62)63(42-22-6-3-7-23-42)43-24-8-4-9-25-43/h3-40H,1-2H3. The van der Waals surface area contributed by atoms with Crippen LogP contribution in [0.3, 0.4) is 0 Å². The molecule has 3 aliphatic carbocycles. The fraction of sp³-hybridized carbons (Fsp3) is 0.0645. The zero-order valence-electron chi connectivity index (χ0n) is 35.8. The van der Waals surface area contributed by atoms with Crippen molar-refractivity contribution in [2.75, 3.05) is 9.80 Å². The third-order valence-corrected chi connectivity index (χ3v) is 14.4. The van der Waals surface area contributed by atoms with Crippen molar-refractivity contribution in [3.8, 4) is 33.4 Å². The summed E-state index contributed by atoms with van der Waals surface area (Å²) in [6, 6.07) is 85.8. The third kappa shape index (κ3) is 4.97. The molecule has 0 aliphatic heterocycles. The van der Waals surface area contributed by atoms with Gasteiger partial charge in [-0.2, -0.15) is 0 Å². The first kappa shape index (κ1) is 36.7. The zero-order valence-corrected chi connectivity index (χ0v) is 35.8. The van der Waals surface area contributed by atoms with Gasteiger partial charge in [0.1, 0.15) is 0 Å². The first-order chi connectivity index (χ1) is 31.5. The maximum Gasteiger partial charge on any atom is 0.0747 e. The van der Waals surface area contributed by atoms with Gasteiger partial charge in [-0.25, -0.2) is 0 Å². The lowest BCUT2D eigenvalue weighted by Crippen LogP contribution is -2.29. The monoisotopic (exact) mass is 816 g/mol. The molecular formula is C62H44N2. The van der Waals surface area contributed by atoms with Crippen LogP contribution in [0.2, 0.25) is 0 Å². The summed E-state index contributed by atoms with van der Waals surface area (Å²) in [6.07, 6.45) is 0. The molecular weight excluding hydrogens is 773 g/mol. The summed E-state index contributed by atoms with van der Waals surface area (Å²) in [7, 11) is 0. The zero-order chi connectivity index (χ0) is 42.6. The van der Waals surface area contributed by atoms with Crippen molar-refractivity contribution in [3.05, 3.63) is 264 Å². The molecule has 0 fully saturated rings. The Labute approximate surface area is 375 Å². The van der Waals surface area contributed by atoms with Crippen LogP contribution in [0.5, 0.6) is 0 Å². The minimum atomic E-state index is -0.657. The van der Waals surface area contributed by atoms with Gasteiger partial charge in [-0.1, -0.05) is 184 Å². The Bertz CT molecular complexity index is 3440. The van der Waals surface area contributed by atoms with E-state index < -0.39 is 5.41 Å². The highest BCUT2D eigenvalue weighted by molar-refractivity contribution is 6.11. The van der Waals surface area contributed by atoms with E-state index in [1.54, 1.807) is 0 Å². The maximum atomic E-state index is 2.61. The molecule has 0 aromatic heterocycles. The van der Waals surface area contributed by atoms with Crippen LogP contribution in [-0.4, -0.2) is 0 Å². The molecule has 2 heteroatoms. The smallest absolute Gasteiger partial charge is 0.0747 e. The largest absolute Gasteiger partial charge is 0.310 e. The summed E-state index contributed by atoms with van der Waals surface area (Å²) in [5, 5.41) is 2.49. The van der Waals surface area contributed by atoms with Crippen LogP contribution in [0.1, 0.15) is 47.2 Å². The van der Waals surface area contributed by atoms with Crippen molar-refractivity contribution in [3.63, 3.8) is 0 Å². The second-order valence-electron chi connectivity index (χ2n) is 18.0. The molecule has 302 valence electrons. The molecule has 64 heavy (non-hydrogen) atoms. The fourth-order valence-electron chi connectivity index (χ4n) is 11.9. The second kappa shape index (κ2) is 13.8. The number of hydrogen-bond acceptors (Lipinski definition) is 2. The van der Waals surface area contributed by atoms with Crippen LogP contribution in [0.25, 0.3) is 44.2 Å². The van der Waals surface area contributed by atoms with E-state index in [1.165, 1.54) is 88.9 Å². The molecule has 1 unspecified atom stereocenters. The molecule has 1 spiro atoms. The number of nitrogens with zero attached hydrogens (tertiary/aromatic N) is 2. The van der Waals surface area contributed by atoms with Gasteiger partial charge in [0.25, 0.3) is 0 Å². The van der Waals surface area contributed by atoms with Crippen molar-refractivity contribution < 1.29 is 0 Å².